The fourth-order valence-corrected chi connectivity index (χ4v) is 6.74. The van der Waals surface area contributed by atoms with E-state index in [-0.39, 0.29) is 5.56 Å². The molecule has 3 aromatic heterocycles. The van der Waals surface area contributed by atoms with Crippen molar-refractivity contribution < 1.29 is 4.74 Å². The normalized spacial score (nSPS) is 11.3. The highest BCUT2D eigenvalue weighted by atomic mass is 32.2. The monoisotopic (exact) mass is 476 g/mol. The minimum Gasteiger partial charge on any atom is -0.497 e. The summed E-state index contributed by atoms with van der Waals surface area (Å²) in [5, 5.41) is 8.46. The molecule has 10 heteroatoms. The lowest BCUT2D eigenvalue weighted by Crippen LogP contribution is -2.09. The van der Waals surface area contributed by atoms with E-state index < -0.39 is 0 Å². The zero-order chi connectivity index (χ0) is 20.9. The number of ether oxygens (including phenoxy) is 1. The molecule has 156 valence electrons. The van der Waals surface area contributed by atoms with Gasteiger partial charge in [0.15, 0.2) is 8.68 Å². The standard InChI is InChI=1S/C20H20N4O2S4/c1-3-4-9-27-19-23-24-20(30-19)28-11-16-21-14-10-15(29-17(14)18(25)22-16)12-5-7-13(26-2)8-6-12/h5-8,10H,3-4,9,11H2,1-2H3,(H,21,22,25). The third kappa shape index (κ3) is 5.05. The van der Waals surface area contributed by atoms with Crippen LogP contribution in [0.25, 0.3) is 20.7 Å². The van der Waals surface area contributed by atoms with Crippen LogP contribution in [0.1, 0.15) is 25.6 Å². The summed E-state index contributed by atoms with van der Waals surface area (Å²) in [6.07, 6.45) is 2.36. The van der Waals surface area contributed by atoms with Crippen LogP contribution < -0.4 is 10.3 Å². The van der Waals surface area contributed by atoms with Gasteiger partial charge in [-0.15, -0.1) is 21.5 Å². The molecular formula is C20H20N4O2S4. The minimum atomic E-state index is -0.103. The first-order chi connectivity index (χ1) is 14.7. The number of aromatic nitrogens is 4. The summed E-state index contributed by atoms with van der Waals surface area (Å²) >= 11 is 6.33. The maximum atomic E-state index is 12.6. The lowest BCUT2D eigenvalue weighted by molar-refractivity contribution is 0.415. The van der Waals surface area contributed by atoms with Crippen molar-refractivity contribution in [3.05, 3.63) is 46.5 Å². The maximum Gasteiger partial charge on any atom is 0.268 e. The van der Waals surface area contributed by atoms with Crippen LogP contribution in [0.2, 0.25) is 0 Å². The molecule has 6 nitrogen and oxygen atoms in total. The van der Waals surface area contributed by atoms with Crippen molar-refractivity contribution in [2.75, 3.05) is 12.9 Å². The Hall–Kier alpha value is -1.88. The smallest absolute Gasteiger partial charge is 0.268 e. The number of rotatable bonds is 9. The first-order valence-electron chi connectivity index (χ1n) is 9.42. The van der Waals surface area contributed by atoms with E-state index in [0.29, 0.717) is 16.3 Å². The summed E-state index contributed by atoms with van der Waals surface area (Å²) in [6.45, 7) is 2.18. The number of benzene rings is 1. The second-order valence-corrected chi connectivity index (χ2v) is 11.0. The van der Waals surface area contributed by atoms with Gasteiger partial charge in [-0.2, -0.15) is 0 Å². The third-order valence-electron chi connectivity index (χ3n) is 4.25. The Balaban J connectivity index is 1.48. The average Bonchev–Trinajstić information content (AvgIpc) is 3.40. The van der Waals surface area contributed by atoms with Crippen LogP contribution in [0, 0.1) is 0 Å². The van der Waals surface area contributed by atoms with Crippen molar-refractivity contribution >= 4 is 56.4 Å². The number of thioether (sulfide) groups is 2. The molecule has 4 aromatic rings. The topological polar surface area (TPSA) is 80.8 Å². The number of aromatic amines is 1. The molecular weight excluding hydrogens is 457 g/mol. The van der Waals surface area contributed by atoms with Gasteiger partial charge < -0.3 is 9.72 Å². The fourth-order valence-electron chi connectivity index (χ4n) is 2.70. The molecule has 0 unspecified atom stereocenters. The molecule has 0 spiro atoms. The molecule has 0 saturated carbocycles. The summed E-state index contributed by atoms with van der Waals surface area (Å²) < 4.78 is 7.73. The van der Waals surface area contributed by atoms with Crippen LogP contribution >= 0.6 is 46.2 Å². The van der Waals surface area contributed by atoms with Crippen molar-refractivity contribution in [1.29, 1.82) is 0 Å². The molecule has 3 heterocycles. The zero-order valence-corrected chi connectivity index (χ0v) is 19.8. The van der Waals surface area contributed by atoms with Crippen molar-refractivity contribution in [3.63, 3.8) is 0 Å². The predicted molar refractivity (Wildman–Crippen MR) is 127 cm³/mol. The quantitative estimate of drug-likeness (QED) is 0.245. The van der Waals surface area contributed by atoms with Crippen LogP contribution in [-0.4, -0.2) is 33.0 Å². The molecule has 0 atom stereocenters. The van der Waals surface area contributed by atoms with Gasteiger partial charge in [0.25, 0.3) is 5.56 Å². The number of nitrogens with one attached hydrogen (secondary N) is 1. The average molecular weight is 477 g/mol. The molecule has 0 aliphatic rings. The number of hydrogen-bond acceptors (Lipinski definition) is 9. The molecule has 0 radical (unpaired) electrons. The lowest BCUT2D eigenvalue weighted by Gasteiger charge is -2.00. The van der Waals surface area contributed by atoms with Crippen molar-refractivity contribution in [1.82, 2.24) is 20.2 Å². The Labute approximate surface area is 190 Å². The van der Waals surface area contributed by atoms with E-state index in [9.17, 15) is 4.79 Å². The molecule has 1 N–H and O–H groups in total. The Morgan fingerprint density at radius 1 is 1.10 bits per heavy atom. The fraction of sp³-hybridized carbons (Fsp3) is 0.300. The third-order valence-corrected chi connectivity index (χ3v) is 8.71. The highest BCUT2D eigenvalue weighted by molar-refractivity contribution is 8.02. The van der Waals surface area contributed by atoms with Gasteiger partial charge in [0, 0.05) is 10.6 Å². The molecule has 4 rings (SSSR count). The molecule has 0 bridgehead atoms. The lowest BCUT2D eigenvalue weighted by atomic mass is 10.2. The van der Waals surface area contributed by atoms with E-state index >= 15 is 0 Å². The largest absolute Gasteiger partial charge is 0.497 e. The maximum absolute atomic E-state index is 12.6. The van der Waals surface area contributed by atoms with Gasteiger partial charge in [-0.05, 0) is 42.3 Å². The molecule has 1 aromatic carbocycles. The first-order valence-corrected chi connectivity index (χ1v) is 13.0. The van der Waals surface area contributed by atoms with Crippen LogP contribution in [-0.2, 0) is 5.75 Å². The SMILES string of the molecule is CCCCSc1nnc(SCc2nc3cc(-c4ccc(OC)cc4)sc3c(=O)[nH]2)s1. The molecule has 0 aliphatic carbocycles. The number of H-pyrrole nitrogens is 1. The number of thiophene rings is 1. The van der Waals surface area contributed by atoms with Gasteiger partial charge in [0.2, 0.25) is 0 Å². The van der Waals surface area contributed by atoms with Gasteiger partial charge in [-0.1, -0.05) is 48.2 Å². The second kappa shape index (κ2) is 9.95. The van der Waals surface area contributed by atoms with Gasteiger partial charge in [0.05, 0.1) is 18.4 Å². The summed E-state index contributed by atoms with van der Waals surface area (Å²) in [6, 6.07) is 9.77. The van der Waals surface area contributed by atoms with E-state index in [2.05, 4.69) is 27.1 Å². The molecule has 0 aliphatic heterocycles. The van der Waals surface area contributed by atoms with Gasteiger partial charge in [0.1, 0.15) is 16.3 Å². The van der Waals surface area contributed by atoms with Gasteiger partial charge in [-0.25, -0.2) is 4.98 Å². The van der Waals surface area contributed by atoms with Crippen molar-refractivity contribution in [2.24, 2.45) is 0 Å². The predicted octanol–water partition coefficient (Wildman–Crippen LogP) is 5.70. The van der Waals surface area contributed by atoms with E-state index in [4.69, 9.17) is 4.74 Å². The highest BCUT2D eigenvalue weighted by Crippen LogP contribution is 2.33. The van der Waals surface area contributed by atoms with E-state index in [1.165, 1.54) is 24.2 Å². The molecule has 30 heavy (non-hydrogen) atoms. The number of fused-ring (bicyclic) bond motifs is 1. The molecule has 0 fully saturated rings. The summed E-state index contributed by atoms with van der Waals surface area (Å²) in [5.41, 5.74) is 1.66. The highest BCUT2D eigenvalue weighted by Gasteiger charge is 2.12. The van der Waals surface area contributed by atoms with Crippen LogP contribution in [0.5, 0.6) is 5.75 Å². The Morgan fingerprint density at radius 3 is 2.60 bits per heavy atom. The minimum absolute atomic E-state index is 0.103. The van der Waals surface area contributed by atoms with Crippen molar-refractivity contribution in [3.8, 4) is 16.2 Å². The van der Waals surface area contributed by atoms with Crippen LogP contribution in [0.4, 0.5) is 0 Å². The Morgan fingerprint density at radius 2 is 1.87 bits per heavy atom. The first kappa shape index (κ1) is 21.4. The van der Waals surface area contributed by atoms with Crippen molar-refractivity contribution in [2.45, 2.75) is 34.2 Å². The number of methoxy groups -OCH3 is 1. The number of hydrogen-bond donors (Lipinski definition) is 1. The molecule has 0 amide bonds. The zero-order valence-electron chi connectivity index (χ0n) is 16.5. The second-order valence-electron chi connectivity index (χ2n) is 6.39. The summed E-state index contributed by atoms with van der Waals surface area (Å²) in [7, 11) is 1.64. The van der Waals surface area contributed by atoms with Crippen LogP contribution in [0.15, 0.2) is 43.8 Å². The summed E-state index contributed by atoms with van der Waals surface area (Å²) in [4.78, 5) is 21.1. The molecule has 0 saturated heterocycles. The van der Waals surface area contributed by atoms with Gasteiger partial charge in [-0.3, -0.25) is 4.79 Å². The van der Waals surface area contributed by atoms with E-state index in [0.717, 1.165) is 36.1 Å². The number of nitrogens with zero attached hydrogens (tertiary/aromatic N) is 3. The summed E-state index contributed by atoms with van der Waals surface area (Å²) in [5.74, 6) is 3.06. The van der Waals surface area contributed by atoms with Gasteiger partial charge >= 0.3 is 0 Å². The number of unbranched alkanes of at least 4 members (excludes halogenated alkanes) is 1. The van der Waals surface area contributed by atoms with E-state index in [1.54, 1.807) is 42.0 Å². The Bertz CT molecular complexity index is 1180. The van der Waals surface area contributed by atoms with Crippen LogP contribution in [0.3, 0.4) is 0 Å². The van der Waals surface area contributed by atoms with E-state index in [1.807, 2.05) is 30.3 Å². The Kier molecular flexibility index (Phi) is 7.08.